The van der Waals surface area contributed by atoms with Crippen molar-refractivity contribution in [3.8, 4) is 5.75 Å². The van der Waals surface area contributed by atoms with Crippen LogP contribution in [-0.2, 0) is 11.2 Å². The highest BCUT2D eigenvalue weighted by molar-refractivity contribution is 5.71. The van der Waals surface area contributed by atoms with Crippen molar-refractivity contribution in [3.05, 3.63) is 28.8 Å². The molecule has 0 spiro atoms. The fourth-order valence-corrected chi connectivity index (χ4v) is 1.21. The van der Waals surface area contributed by atoms with Gasteiger partial charge in [-0.3, -0.25) is 4.79 Å². The molecule has 0 aromatic heterocycles. The van der Waals surface area contributed by atoms with Gasteiger partial charge in [0.05, 0.1) is 6.42 Å². The third kappa shape index (κ3) is 2.21. The lowest BCUT2D eigenvalue weighted by molar-refractivity contribution is -0.136. The molecule has 0 aliphatic heterocycles. The highest BCUT2D eigenvalue weighted by Crippen LogP contribution is 2.21. The molecule has 0 fully saturated rings. The minimum absolute atomic E-state index is 0.00690. The van der Waals surface area contributed by atoms with Gasteiger partial charge in [0.15, 0.2) is 0 Å². The highest BCUT2D eigenvalue weighted by Gasteiger charge is 2.06. The van der Waals surface area contributed by atoms with E-state index in [0.717, 1.165) is 11.1 Å². The van der Waals surface area contributed by atoms with Crippen LogP contribution in [0.2, 0.25) is 0 Å². The lowest BCUT2D eigenvalue weighted by atomic mass is 10.0. The quantitative estimate of drug-likeness (QED) is 0.727. The van der Waals surface area contributed by atoms with Gasteiger partial charge in [0, 0.05) is 0 Å². The minimum Gasteiger partial charge on any atom is -0.508 e. The zero-order valence-electron chi connectivity index (χ0n) is 7.66. The summed E-state index contributed by atoms with van der Waals surface area (Å²) in [5, 5.41) is 17.9. The number of hydrogen-bond acceptors (Lipinski definition) is 2. The lowest BCUT2D eigenvalue weighted by Gasteiger charge is -2.06. The summed E-state index contributed by atoms with van der Waals surface area (Å²) in [7, 11) is 0. The van der Waals surface area contributed by atoms with E-state index in [4.69, 9.17) is 5.11 Å². The molecule has 0 saturated heterocycles. The number of benzene rings is 1. The fourth-order valence-electron chi connectivity index (χ4n) is 1.21. The van der Waals surface area contributed by atoms with Crippen molar-refractivity contribution in [3.63, 3.8) is 0 Å². The van der Waals surface area contributed by atoms with E-state index in [9.17, 15) is 9.90 Å². The van der Waals surface area contributed by atoms with Crippen LogP contribution in [0.4, 0.5) is 0 Å². The van der Waals surface area contributed by atoms with E-state index in [0.29, 0.717) is 5.56 Å². The summed E-state index contributed by atoms with van der Waals surface area (Å²) in [6.07, 6.45) is 0.00690. The standard InChI is InChI=1S/C10H12O3/c1-6-4-9(11)7(2)3-8(6)5-10(12)13/h3-4,11H,5H2,1-2H3,(H,12,13). The number of aryl methyl sites for hydroxylation is 2. The predicted octanol–water partition coefficient (Wildman–Crippen LogP) is 1.64. The number of carboxylic acids is 1. The van der Waals surface area contributed by atoms with Gasteiger partial charge >= 0.3 is 5.97 Å². The first-order valence-electron chi connectivity index (χ1n) is 4.01. The number of carboxylic acid groups (broad SMARTS) is 1. The van der Waals surface area contributed by atoms with Crippen LogP contribution in [0.1, 0.15) is 16.7 Å². The molecule has 1 rings (SSSR count). The molecule has 70 valence electrons. The van der Waals surface area contributed by atoms with E-state index in [-0.39, 0.29) is 12.2 Å². The highest BCUT2D eigenvalue weighted by atomic mass is 16.4. The summed E-state index contributed by atoms with van der Waals surface area (Å²) < 4.78 is 0. The molecule has 0 aliphatic rings. The summed E-state index contributed by atoms with van der Waals surface area (Å²) in [6.45, 7) is 3.54. The van der Waals surface area contributed by atoms with E-state index in [1.54, 1.807) is 26.0 Å². The second kappa shape index (κ2) is 3.47. The molecule has 1 aromatic rings. The molecular weight excluding hydrogens is 168 g/mol. The zero-order chi connectivity index (χ0) is 10.0. The summed E-state index contributed by atoms with van der Waals surface area (Å²) in [5.41, 5.74) is 2.27. The summed E-state index contributed by atoms with van der Waals surface area (Å²) in [6, 6.07) is 3.30. The van der Waals surface area contributed by atoms with Gasteiger partial charge in [-0.05, 0) is 36.6 Å². The molecule has 0 unspecified atom stereocenters. The van der Waals surface area contributed by atoms with Gasteiger partial charge in [0.25, 0.3) is 0 Å². The van der Waals surface area contributed by atoms with Crippen LogP contribution in [0, 0.1) is 13.8 Å². The van der Waals surface area contributed by atoms with Crippen LogP contribution in [0.25, 0.3) is 0 Å². The number of aliphatic carboxylic acids is 1. The van der Waals surface area contributed by atoms with Gasteiger partial charge in [0.2, 0.25) is 0 Å². The molecule has 0 atom stereocenters. The van der Waals surface area contributed by atoms with Gasteiger partial charge < -0.3 is 10.2 Å². The molecule has 0 amide bonds. The second-order valence-corrected chi connectivity index (χ2v) is 3.14. The van der Waals surface area contributed by atoms with Crippen LogP contribution in [0.5, 0.6) is 5.75 Å². The van der Waals surface area contributed by atoms with Crippen LogP contribution in [0.15, 0.2) is 12.1 Å². The summed E-state index contributed by atoms with van der Waals surface area (Å²) in [5.74, 6) is -0.639. The van der Waals surface area contributed by atoms with Crippen molar-refractivity contribution in [2.24, 2.45) is 0 Å². The number of phenols is 1. The predicted molar refractivity (Wildman–Crippen MR) is 48.9 cm³/mol. The van der Waals surface area contributed by atoms with Crippen LogP contribution in [0.3, 0.4) is 0 Å². The molecule has 1 aromatic carbocycles. The van der Waals surface area contributed by atoms with Gasteiger partial charge in [-0.15, -0.1) is 0 Å². The number of carbonyl (C=O) groups is 1. The number of aromatic hydroxyl groups is 1. The van der Waals surface area contributed by atoms with E-state index >= 15 is 0 Å². The van der Waals surface area contributed by atoms with Crippen molar-refractivity contribution in [1.29, 1.82) is 0 Å². The average Bonchev–Trinajstić information content (AvgIpc) is 1.99. The Hall–Kier alpha value is -1.51. The van der Waals surface area contributed by atoms with Crippen molar-refractivity contribution >= 4 is 5.97 Å². The maximum atomic E-state index is 10.5. The third-order valence-corrected chi connectivity index (χ3v) is 2.00. The molecule has 0 aliphatic carbocycles. The number of phenolic OH excluding ortho intramolecular Hbond substituents is 1. The average molecular weight is 180 g/mol. The Morgan fingerprint density at radius 3 is 2.46 bits per heavy atom. The Morgan fingerprint density at radius 1 is 1.31 bits per heavy atom. The molecule has 3 heteroatoms. The largest absolute Gasteiger partial charge is 0.508 e. The van der Waals surface area contributed by atoms with Crippen molar-refractivity contribution < 1.29 is 15.0 Å². The molecule has 2 N–H and O–H groups in total. The van der Waals surface area contributed by atoms with E-state index < -0.39 is 5.97 Å². The van der Waals surface area contributed by atoms with Crippen molar-refractivity contribution in [2.75, 3.05) is 0 Å². The van der Waals surface area contributed by atoms with Gasteiger partial charge in [-0.1, -0.05) is 6.07 Å². The molecular formula is C10H12O3. The molecule has 0 radical (unpaired) electrons. The SMILES string of the molecule is Cc1cc(CC(=O)O)c(C)cc1O. The van der Waals surface area contributed by atoms with Gasteiger partial charge in [0.1, 0.15) is 5.75 Å². The van der Waals surface area contributed by atoms with Crippen molar-refractivity contribution in [2.45, 2.75) is 20.3 Å². The lowest BCUT2D eigenvalue weighted by Crippen LogP contribution is -2.02. The Labute approximate surface area is 76.6 Å². The van der Waals surface area contributed by atoms with Gasteiger partial charge in [-0.25, -0.2) is 0 Å². The fraction of sp³-hybridized carbons (Fsp3) is 0.300. The monoisotopic (exact) mass is 180 g/mol. The smallest absolute Gasteiger partial charge is 0.307 e. The second-order valence-electron chi connectivity index (χ2n) is 3.14. The van der Waals surface area contributed by atoms with E-state index in [1.165, 1.54) is 0 Å². The molecule has 0 saturated carbocycles. The Kier molecular flexibility index (Phi) is 2.56. The Bertz CT molecular complexity index is 342. The van der Waals surface area contributed by atoms with Crippen molar-refractivity contribution in [1.82, 2.24) is 0 Å². The maximum absolute atomic E-state index is 10.5. The summed E-state index contributed by atoms with van der Waals surface area (Å²) in [4.78, 5) is 10.5. The molecule has 0 bridgehead atoms. The third-order valence-electron chi connectivity index (χ3n) is 2.00. The normalized spacial score (nSPS) is 10.0. The Morgan fingerprint density at radius 2 is 1.92 bits per heavy atom. The van der Waals surface area contributed by atoms with Gasteiger partial charge in [-0.2, -0.15) is 0 Å². The van der Waals surface area contributed by atoms with Crippen LogP contribution < -0.4 is 0 Å². The van der Waals surface area contributed by atoms with Crippen LogP contribution >= 0.6 is 0 Å². The number of rotatable bonds is 2. The molecule has 13 heavy (non-hydrogen) atoms. The molecule has 0 heterocycles. The Balaban J connectivity index is 3.08. The number of hydrogen-bond donors (Lipinski definition) is 2. The van der Waals surface area contributed by atoms with E-state index in [1.807, 2.05) is 0 Å². The summed E-state index contributed by atoms with van der Waals surface area (Å²) >= 11 is 0. The van der Waals surface area contributed by atoms with Crippen LogP contribution in [-0.4, -0.2) is 16.2 Å². The zero-order valence-corrected chi connectivity index (χ0v) is 7.66. The maximum Gasteiger partial charge on any atom is 0.307 e. The van der Waals surface area contributed by atoms with E-state index in [2.05, 4.69) is 0 Å². The molecule has 3 nitrogen and oxygen atoms in total. The first-order chi connectivity index (χ1) is 6.00. The minimum atomic E-state index is -0.854. The topological polar surface area (TPSA) is 57.5 Å². The first kappa shape index (κ1) is 9.58. The first-order valence-corrected chi connectivity index (χ1v) is 4.01.